The minimum Gasteiger partial charge on any atom is -0.391 e. The summed E-state index contributed by atoms with van der Waals surface area (Å²) in [6, 6.07) is 1.62. The Kier molecular flexibility index (Phi) is 5.53. The molecule has 0 spiro atoms. The van der Waals surface area contributed by atoms with Gasteiger partial charge in [0.25, 0.3) is 0 Å². The summed E-state index contributed by atoms with van der Waals surface area (Å²) in [5, 5.41) is 9.68. The van der Waals surface area contributed by atoms with Crippen LogP contribution in [0.2, 0.25) is 0 Å². The molecule has 4 nitrogen and oxygen atoms in total. The van der Waals surface area contributed by atoms with Crippen molar-refractivity contribution >= 4 is 33.1 Å². The lowest BCUT2D eigenvalue weighted by Crippen LogP contribution is -2.33. The SMILES string of the molecule is CCSC1CCC(NS(=O)(=O)c2cc(CO)sc2C)C1. The van der Waals surface area contributed by atoms with Gasteiger partial charge in [-0.15, -0.1) is 11.3 Å². The maximum atomic E-state index is 12.4. The second-order valence-electron chi connectivity index (χ2n) is 5.00. The second-order valence-corrected chi connectivity index (χ2v) is 9.60. The fourth-order valence-electron chi connectivity index (χ4n) is 2.59. The van der Waals surface area contributed by atoms with E-state index in [4.69, 9.17) is 5.11 Å². The zero-order chi connectivity index (χ0) is 14.8. The van der Waals surface area contributed by atoms with Crippen LogP contribution in [0.1, 0.15) is 35.9 Å². The molecular formula is C13H21NO3S3. The Morgan fingerprint density at radius 2 is 2.25 bits per heavy atom. The Labute approximate surface area is 129 Å². The summed E-state index contributed by atoms with van der Waals surface area (Å²) < 4.78 is 27.6. The van der Waals surface area contributed by atoms with Crippen LogP contribution in [-0.4, -0.2) is 30.6 Å². The van der Waals surface area contributed by atoms with E-state index in [9.17, 15) is 8.42 Å². The normalized spacial score (nSPS) is 23.4. The molecule has 1 heterocycles. The number of hydrogen-bond donors (Lipinski definition) is 2. The minimum absolute atomic E-state index is 0.0425. The lowest BCUT2D eigenvalue weighted by atomic mass is 10.3. The maximum absolute atomic E-state index is 12.4. The summed E-state index contributed by atoms with van der Waals surface area (Å²) >= 11 is 3.24. The van der Waals surface area contributed by atoms with Crippen LogP contribution < -0.4 is 4.72 Å². The molecule has 0 bridgehead atoms. The zero-order valence-corrected chi connectivity index (χ0v) is 14.2. The van der Waals surface area contributed by atoms with Crippen molar-refractivity contribution in [2.75, 3.05) is 5.75 Å². The van der Waals surface area contributed by atoms with E-state index in [1.54, 1.807) is 13.0 Å². The molecule has 1 aromatic heterocycles. The van der Waals surface area contributed by atoms with Crippen molar-refractivity contribution in [2.45, 2.75) is 55.9 Å². The van der Waals surface area contributed by atoms with E-state index >= 15 is 0 Å². The molecule has 1 fully saturated rings. The van der Waals surface area contributed by atoms with E-state index in [-0.39, 0.29) is 12.6 Å². The Bertz CT molecular complexity index is 553. The van der Waals surface area contributed by atoms with Gasteiger partial charge in [-0.3, -0.25) is 0 Å². The molecule has 1 saturated carbocycles. The molecule has 0 aliphatic heterocycles. The number of aliphatic hydroxyl groups excluding tert-OH is 1. The van der Waals surface area contributed by atoms with Gasteiger partial charge in [0.15, 0.2) is 0 Å². The molecule has 2 atom stereocenters. The molecule has 2 unspecified atom stereocenters. The third-order valence-electron chi connectivity index (χ3n) is 3.48. The number of sulfonamides is 1. The van der Waals surface area contributed by atoms with Crippen molar-refractivity contribution in [3.63, 3.8) is 0 Å². The summed E-state index contributed by atoms with van der Waals surface area (Å²) in [7, 11) is -3.46. The number of hydrogen-bond acceptors (Lipinski definition) is 5. The highest BCUT2D eigenvalue weighted by molar-refractivity contribution is 7.99. The summed E-state index contributed by atoms with van der Waals surface area (Å²) in [6.45, 7) is 3.80. The maximum Gasteiger partial charge on any atom is 0.241 e. The second kappa shape index (κ2) is 6.79. The van der Waals surface area contributed by atoms with Gasteiger partial charge < -0.3 is 5.11 Å². The monoisotopic (exact) mass is 335 g/mol. The molecule has 0 aromatic carbocycles. The first-order valence-corrected chi connectivity index (χ1v) is 10.1. The van der Waals surface area contributed by atoms with Crippen LogP contribution >= 0.6 is 23.1 Å². The fraction of sp³-hybridized carbons (Fsp3) is 0.692. The Balaban J connectivity index is 2.06. The van der Waals surface area contributed by atoms with Crippen LogP contribution in [0.25, 0.3) is 0 Å². The lowest BCUT2D eigenvalue weighted by Gasteiger charge is -2.13. The van der Waals surface area contributed by atoms with E-state index in [0.29, 0.717) is 15.0 Å². The van der Waals surface area contributed by atoms with Gasteiger partial charge >= 0.3 is 0 Å². The lowest BCUT2D eigenvalue weighted by molar-refractivity contribution is 0.285. The molecule has 1 aliphatic carbocycles. The number of thiophene rings is 1. The smallest absolute Gasteiger partial charge is 0.241 e. The standard InChI is InChI=1S/C13H21NO3S3/c1-3-18-11-5-4-10(6-11)14-20(16,17)13-7-12(8-15)19-9(13)2/h7,10-11,14-15H,3-6,8H2,1-2H3. The van der Waals surface area contributed by atoms with Gasteiger partial charge in [0.05, 0.1) is 11.5 Å². The number of nitrogens with one attached hydrogen (secondary N) is 1. The van der Waals surface area contributed by atoms with Crippen molar-refractivity contribution < 1.29 is 13.5 Å². The van der Waals surface area contributed by atoms with Crippen molar-refractivity contribution in [1.29, 1.82) is 0 Å². The largest absolute Gasteiger partial charge is 0.391 e. The molecule has 20 heavy (non-hydrogen) atoms. The molecule has 7 heteroatoms. The summed E-state index contributed by atoms with van der Waals surface area (Å²) in [4.78, 5) is 1.74. The van der Waals surface area contributed by atoms with E-state index in [1.165, 1.54) is 11.3 Å². The predicted octanol–water partition coefficient (Wildman–Crippen LogP) is 2.50. The predicted molar refractivity (Wildman–Crippen MR) is 84.9 cm³/mol. The van der Waals surface area contributed by atoms with Crippen molar-refractivity contribution in [2.24, 2.45) is 0 Å². The molecule has 114 valence electrons. The Morgan fingerprint density at radius 1 is 1.50 bits per heavy atom. The number of aliphatic hydroxyl groups is 1. The van der Waals surface area contributed by atoms with Crippen LogP contribution in [0.15, 0.2) is 11.0 Å². The average molecular weight is 336 g/mol. The van der Waals surface area contributed by atoms with Crippen molar-refractivity contribution in [3.05, 3.63) is 15.8 Å². The highest BCUT2D eigenvalue weighted by Gasteiger charge is 2.29. The average Bonchev–Trinajstić information content (AvgIpc) is 2.96. The van der Waals surface area contributed by atoms with Gasteiger partial charge in [0.2, 0.25) is 10.0 Å². The molecule has 0 saturated heterocycles. The van der Waals surface area contributed by atoms with Crippen LogP contribution in [0.4, 0.5) is 0 Å². The quantitative estimate of drug-likeness (QED) is 0.838. The topological polar surface area (TPSA) is 66.4 Å². The summed E-state index contributed by atoms with van der Waals surface area (Å²) in [5.74, 6) is 1.08. The van der Waals surface area contributed by atoms with Gasteiger partial charge in [-0.05, 0) is 38.0 Å². The molecule has 1 aromatic rings. The number of aryl methyl sites for hydroxylation is 1. The van der Waals surface area contributed by atoms with E-state index in [0.717, 1.165) is 29.9 Å². The first-order valence-electron chi connectivity index (χ1n) is 6.80. The van der Waals surface area contributed by atoms with Gasteiger partial charge in [-0.25, -0.2) is 13.1 Å². The molecule has 1 aliphatic rings. The van der Waals surface area contributed by atoms with Gasteiger partial charge in [-0.1, -0.05) is 6.92 Å². The van der Waals surface area contributed by atoms with Crippen molar-refractivity contribution in [3.8, 4) is 0 Å². The molecule has 2 rings (SSSR count). The van der Waals surface area contributed by atoms with Gasteiger partial charge in [0, 0.05) is 21.0 Å². The van der Waals surface area contributed by atoms with Gasteiger partial charge in [0.1, 0.15) is 0 Å². The summed E-state index contributed by atoms with van der Waals surface area (Å²) in [5.41, 5.74) is 0. The van der Waals surface area contributed by atoms with Crippen LogP contribution in [0.3, 0.4) is 0 Å². The minimum atomic E-state index is -3.46. The van der Waals surface area contributed by atoms with E-state index in [1.807, 2.05) is 11.8 Å². The fourth-order valence-corrected chi connectivity index (χ4v) is 6.51. The van der Waals surface area contributed by atoms with Gasteiger partial charge in [-0.2, -0.15) is 11.8 Å². The Morgan fingerprint density at radius 3 is 2.85 bits per heavy atom. The van der Waals surface area contributed by atoms with Crippen LogP contribution in [-0.2, 0) is 16.6 Å². The van der Waals surface area contributed by atoms with E-state index in [2.05, 4.69) is 11.6 Å². The van der Waals surface area contributed by atoms with E-state index < -0.39 is 10.0 Å². The van der Waals surface area contributed by atoms with Crippen LogP contribution in [0, 0.1) is 6.92 Å². The molecular weight excluding hydrogens is 314 g/mol. The third kappa shape index (κ3) is 3.76. The third-order valence-corrected chi connectivity index (χ3v) is 7.52. The zero-order valence-electron chi connectivity index (χ0n) is 11.8. The molecule has 0 amide bonds. The molecule has 0 radical (unpaired) electrons. The Hall–Kier alpha value is -0.0800. The van der Waals surface area contributed by atoms with Crippen molar-refractivity contribution in [1.82, 2.24) is 4.72 Å². The highest BCUT2D eigenvalue weighted by Crippen LogP contribution is 2.31. The first-order chi connectivity index (χ1) is 9.46. The first kappa shape index (κ1) is 16.3. The molecule has 2 N–H and O–H groups in total. The summed E-state index contributed by atoms with van der Waals surface area (Å²) in [6.07, 6.45) is 2.90. The highest BCUT2D eigenvalue weighted by atomic mass is 32.2. The number of thioether (sulfide) groups is 1. The number of rotatable bonds is 6. The van der Waals surface area contributed by atoms with Crippen LogP contribution in [0.5, 0.6) is 0 Å².